The number of para-hydroxylation sites is 2. The van der Waals surface area contributed by atoms with E-state index in [9.17, 15) is 14.0 Å². The Balaban J connectivity index is 1.50. The van der Waals surface area contributed by atoms with Gasteiger partial charge in [-0.1, -0.05) is 24.3 Å². The summed E-state index contributed by atoms with van der Waals surface area (Å²) in [6, 6.07) is 13.5. The van der Waals surface area contributed by atoms with E-state index in [1.165, 1.54) is 12.1 Å². The molecule has 1 aromatic heterocycles. The second-order valence-corrected chi connectivity index (χ2v) is 7.23. The molecule has 3 aromatic rings. The van der Waals surface area contributed by atoms with Crippen LogP contribution in [0.25, 0.3) is 11.0 Å². The maximum atomic E-state index is 13.1. The molecule has 0 aliphatic carbocycles. The van der Waals surface area contributed by atoms with E-state index in [0.29, 0.717) is 12.4 Å². The van der Waals surface area contributed by atoms with Crippen molar-refractivity contribution in [1.82, 2.24) is 14.9 Å². The lowest BCUT2D eigenvalue weighted by Gasteiger charge is -2.19. The van der Waals surface area contributed by atoms with Crippen LogP contribution in [-0.2, 0) is 17.9 Å². The summed E-state index contributed by atoms with van der Waals surface area (Å²) in [5.41, 5.74) is 2.15. The number of aryl methyl sites for hydroxylation is 1. The molecule has 1 aliphatic rings. The summed E-state index contributed by atoms with van der Waals surface area (Å²) in [4.78, 5) is 32.0. The van der Waals surface area contributed by atoms with Gasteiger partial charge in [0.2, 0.25) is 5.91 Å². The monoisotopic (exact) mass is 394 g/mol. The zero-order valence-electron chi connectivity index (χ0n) is 16.1. The third kappa shape index (κ3) is 4.29. The number of nitrogens with zero attached hydrogens (tertiary/aromatic N) is 3. The number of nitrogens with one attached hydrogen (secondary N) is 1. The standard InChI is InChI=1S/C22H23FN4O2/c23-17-9-7-16(8-10-17)15-24-20(28)11-14-27-19-6-2-1-5-18(19)25-21(22(27)29)26-12-3-4-13-26/h1-2,5-10H,3-4,11-15H2,(H,24,28). The number of rotatable bonds is 6. The van der Waals surface area contributed by atoms with Crippen LogP contribution in [-0.4, -0.2) is 28.5 Å². The summed E-state index contributed by atoms with van der Waals surface area (Å²) in [6.07, 6.45) is 2.29. The first-order valence-corrected chi connectivity index (χ1v) is 9.87. The van der Waals surface area contributed by atoms with Crippen LogP contribution in [0.3, 0.4) is 0 Å². The molecule has 1 aliphatic heterocycles. The van der Waals surface area contributed by atoms with Crippen LogP contribution in [0.1, 0.15) is 24.8 Å². The van der Waals surface area contributed by atoms with Crippen LogP contribution in [0.15, 0.2) is 53.3 Å². The van der Waals surface area contributed by atoms with Crippen molar-refractivity contribution in [3.8, 4) is 0 Å². The van der Waals surface area contributed by atoms with Crippen molar-refractivity contribution in [3.63, 3.8) is 0 Å². The number of benzene rings is 2. The smallest absolute Gasteiger partial charge is 0.294 e. The molecule has 6 nitrogen and oxygen atoms in total. The Labute approximate surface area is 168 Å². The number of hydrogen-bond acceptors (Lipinski definition) is 4. The van der Waals surface area contributed by atoms with Gasteiger partial charge in [-0.3, -0.25) is 9.59 Å². The van der Waals surface area contributed by atoms with E-state index >= 15 is 0 Å². The van der Waals surface area contributed by atoms with Crippen LogP contribution in [0, 0.1) is 5.82 Å². The Morgan fingerprint density at radius 1 is 1.07 bits per heavy atom. The number of amides is 1. The van der Waals surface area contributed by atoms with Gasteiger partial charge in [0.05, 0.1) is 11.0 Å². The Morgan fingerprint density at radius 2 is 1.79 bits per heavy atom. The van der Waals surface area contributed by atoms with Crippen molar-refractivity contribution in [1.29, 1.82) is 0 Å². The van der Waals surface area contributed by atoms with Gasteiger partial charge in [0.15, 0.2) is 5.82 Å². The minimum Gasteiger partial charge on any atom is -0.352 e. The topological polar surface area (TPSA) is 67.2 Å². The molecule has 7 heteroatoms. The van der Waals surface area contributed by atoms with E-state index in [1.807, 2.05) is 29.2 Å². The molecule has 0 saturated carbocycles. The van der Waals surface area contributed by atoms with Crippen molar-refractivity contribution in [2.75, 3.05) is 18.0 Å². The van der Waals surface area contributed by atoms with Crippen LogP contribution in [0.4, 0.5) is 10.2 Å². The molecule has 1 amide bonds. The van der Waals surface area contributed by atoms with Gasteiger partial charge >= 0.3 is 0 Å². The average Bonchev–Trinajstić information content (AvgIpc) is 3.27. The van der Waals surface area contributed by atoms with Gasteiger partial charge in [-0.15, -0.1) is 0 Å². The van der Waals surface area contributed by atoms with Gasteiger partial charge in [-0.25, -0.2) is 9.37 Å². The molecule has 1 saturated heterocycles. The average molecular weight is 394 g/mol. The second kappa shape index (κ2) is 8.43. The SMILES string of the molecule is O=C(CCn1c(=O)c(N2CCCC2)nc2ccccc21)NCc1ccc(F)cc1. The second-order valence-electron chi connectivity index (χ2n) is 7.23. The van der Waals surface area contributed by atoms with Gasteiger partial charge < -0.3 is 14.8 Å². The Morgan fingerprint density at radius 3 is 2.55 bits per heavy atom. The fraction of sp³-hybridized carbons (Fsp3) is 0.318. The molecule has 2 heterocycles. The molecular formula is C22H23FN4O2. The summed E-state index contributed by atoms with van der Waals surface area (Å²) in [6.45, 7) is 2.26. The van der Waals surface area contributed by atoms with Gasteiger partial charge in [0, 0.05) is 32.6 Å². The molecule has 29 heavy (non-hydrogen) atoms. The van der Waals surface area contributed by atoms with E-state index in [-0.39, 0.29) is 30.2 Å². The van der Waals surface area contributed by atoms with Crippen LogP contribution >= 0.6 is 0 Å². The van der Waals surface area contributed by atoms with Gasteiger partial charge in [0.1, 0.15) is 5.82 Å². The van der Waals surface area contributed by atoms with E-state index in [2.05, 4.69) is 10.3 Å². The van der Waals surface area contributed by atoms with Crippen molar-refractivity contribution in [3.05, 3.63) is 70.3 Å². The lowest BCUT2D eigenvalue weighted by atomic mass is 10.2. The zero-order chi connectivity index (χ0) is 20.2. The predicted molar refractivity (Wildman–Crippen MR) is 110 cm³/mol. The third-order valence-electron chi connectivity index (χ3n) is 5.21. The summed E-state index contributed by atoms with van der Waals surface area (Å²) in [5, 5.41) is 2.82. The lowest BCUT2D eigenvalue weighted by molar-refractivity contribution is -0.121. The Hall–Kier alpha value is -3.22. The van der Waals surface area contributed by atoms with E-state index in [1.54, 1.807) is 16.7 Å². The number of carbonyl (C=O) groups is 1. The third-order valence-corrected chi connectivity index (χ3v) is 5.21. The summed E-state index contributed by atoms with van der Waals surface area (Å²) >= 11 is 0. The molecule has 0 unspecified atom stereocenters. The number of hydrogen-bond donors (Lipinski definition) is 1. The maximum Gasteiger partial charge on any atom is 0.294 e. The van der Waals surface area contributed by atoms with Crippen molar-refractivity contribution in [2.45, 2.75) is 32.4 Å². The minimum atomic E-state index is -0.308. The highest BCUT2D eigenvalue weighted by atomic mass is 19.1. The first kappa shape index (κ1) is 19.1. The van der Waals surface area contributed by atoms with Crippen LogP contribution < -0.4 is 15.8 Å². The van der Waals surface area contributed by atoms with Crippen molar-refractivity contribution in [2.24, 2.45) is 0 Å². The summed E-state index contributed by atoms with van der Waals surface area (Å²) in [7, 11) is 0. The first-order chi connectivity index (χ1) is 14.1. The highest BCUT2D eigenvalue weighted by Gasteiger charge is 2.20. The van der Waals surface area contributed by atoms with Crippen molar-refractivity contribution < 1.29 is 9.18 Å². The van der Waals surface area contributed by atoms with Crippen LogP contribution in [0.5, 0.6) is 0 Å². The van der Waals surface area contributed by atoms with E-state index in [4.69, 9.17) is 0 Å². The number of anilines is 1. The normalized spacial score (nSPS) is 13.8. The van der Waals surface area contributed by atoms with Gasteiger partial charge in [-0.05, 0) is 42.7 Å². The molecule has 0 bridgehead atoms. The number of fused-ring (bicyclic) bond motifs is 1. The van der Waals surface area contributed by atoms with Gasteiger partial charge in [0.25, 0.3) is 5.56 Å². The molecular weight excluding hydrogens is 371 g/mol. The fourth-order valence-corrected chi connectivity index (χ4v) is 3.64. The van der Waals surface area contributed by atoms with E-state index in [0.717, 1.165) is 42.5 Å². The zero-order valence-corrected chi connectivity index (χ0v) is 16.1. The Bertz CT molecular complexity index is 1070. The van der Waals surface area contributed by atoms with Gasteiger partial charge in [-0.2, -0.15) is 0 Å². The Kier molecular flexibility index (Phi) is 5.55. The lowest BCUT2D eigenvalue weighted by Crippen LogP contribution is -2.33. The van der Waals surface area contributed by atoms with E-state index < -0.39 is 0 Å². The summed E-state index contributed by atoms with van der Waals surface area (Å²) < 4.78 is 14.6. The number of halogens is 1. The molecule has 2 aromatic carbocycles. The number of carbonyl (C=O) groups excluding carboxylic acids is 1. The predicted octanol–water partition coefficient (Wildman–Crippen LogP) is 2.84. The molecule has 1 fully saturated rings. The fourth-order valence-electron chi connectivity index (χ4n) is 3.64. The molecule has 150 valence electrons. The maximum absolute atomic E-state index is 13.1. The number of aromatic nitrogens is 2. The summed E-state index contributed by atoms with van der Waals surface area (Å²) in [5.74, 6) is -0.00409. The quantitative estimate of drug-likeness (QED) is 0.698. The largest absolute Gasteiger partial charge is 0.352 e. The highest BCUT2D eigenvalue weighted by molar-refractivity contribution is 5.78. The van der Waals surface area contributed by atoms with Crippen molar-refractivity contribution >= 4 is 22.8 Å². The van der Waals surface area contributed by atoms with Crippen LogP contribution in [0.2, 0.25) is 0 Å². The molecule has 0 radical (unpaired) electrons. The molecule has 0 spiro atoms. The molecule has 1 N–H and O–H groups in total. The molecule has 0 atom stereocenters. The first-order valence-electron chi connectivity index (χ1n) is 9.87. The highest BCUT2D eigenvalue weighted by Crippen LogP contribution is 2.18. The minimum absolute atomic E-state index is 0.156. The molecule has 4 rings (SSSR count).